The predicted molar refractivity (Wildman–Crippen MR) is 432 cm³/mol. The van der Waals surface area contributed by atoms with Gasteiger partial charge in [0.25, 0.3) is 0 Å². The van der Waals surface area contributed by atoms with Crippen molar-refractivity contribution < 1.29 is 48.0 Å². The molecule has 102 heavy (non-hydrogen) atoms. The van der Waals surface area contributed by atoms with Crippen LogP contribution < -0.4 is 27.4 Å². The summed E-state index contributed by atoms with van der Waals surface area (Å²) in [4.78, 5) is 0. The molecule has 0 spiro atoms. The molecule has 6 aromatic carbocycles. The summed E-state index contributed by atoms with van der Waals surface area (Å²) in [5, 5.41) is 0. The maximum atomic E-state index is 7.64. The third-order valence-corrected chi connectivity index (χ3v) is 20.8. The number of rotatable bonds is 6. The standard InChI is InChI=1S/6C16H20N/c2*1-11-6-8-15(13(3)10-11)16-9-7-12(2)14(4)17(16)5;2*1-11-6-7-13(3)15(10-11)16-9-8-12(2)14(4)17(16)5;2*1-11-7-6-8-15(13(11)3)16-10-9-12(2)14(4)17(16)5/h6*6-10H,1-5H3/q6*+1/i1D3,2D3;;2D3;;1D3,2D3;. The maximum Gasteiger partial charge on any atom is 0.212 e. The van der Waals surface area contributed by atoms with Crippen molar-refractivity contribution >= 4 is 0 Å². The molecule has 12 rings (SSSR count). The average Bonchev–Trinajstić information content (AvgIpc) is 0.802. The molecule has 0 saturated carbocycles. The maximum absolute atomic E-state index is 7.64. The lowest BCUT2D eigenvalue weighted by Gasteiger charge is -2.09. The molecule has 0 bridgehead atoms. The minimum Gasteiger partial charge on any atom is -0.198 e. The van der Waals surface area contributed by atoms with Gasteiger partial charge in [0.1, 0.15) is 42.3 Å². The number of hydrogen-bond acceptors (Lipinski definition) is 0. The van der Waals surface area contributed by atoms with Crippen molar-refractivity contribution in [2.24, 2.45) is 42.3 Å². The molecule has 0 radical (unpaired) electrons. The molecule has 6 aromatic heterocycles. The molecule has 0 unspecified atom stereocenters. The second kappa shape index (κ2) is 34.7. The molecule has 6 heteroatoms. The van der Waals surface area contributed by atoms with Crippen LogP contribution >= 0.6 is 0 Å². The Morgan fingerprint density at radius 3 is 0.775 bits per heavy atom. The summed E-state index contributed by atoms with van der Waals surface area (Å²) < 4.78 is 126. The number of aryl methyl sites for hydroxylation is 16. The van der Waals surface area contributed by atoms with E-state index in [-0.39, 0.29) is 0 Å². The lowest BCUT2D eigenvalue weighted by Crippen LogP contribution is -2.35. The first-order valence-electron chi connectivity index (χ1n) is 42.5. The molecule has 528 valence electrons. The highest BCUT2D eigenvalue weighted by atomic mass is 15.0. The smallest absolute Gasteiger partial charge is 0.198 e. The first kappa shape index (κ1) is 59.9. The molecule has 0 aliphatic rings. The van der Waals surface area contributed by atoms with Crippen molar-refractivity contribution in [3.05, 3.63) is 316 Å². The van der Waals surface area contributed by atoms with E-state index in [0.29, 0.717) is 44.8 Å². The van der Waals surface area contributed by atoms with E-state index in [9.17, 15) is 0 Å². The Kier molecular flexibility index (Phi) is 20.4. The molecule has 0 fully saturated rings. The average molecular weight is 1370 g/mol. The molecule has 6 heterocycles. The summed E-state index contributed by atoms with van der Waals surface area (Å²) in [7, 11) is 11.9. The largest absolute Gasteiger partial charge is 0.212 e. The summed E-state index contributed by atoms with van der Waals surface area (Å²) in [6, 6.07) is 59.9. The van der Waals surface area contributed by atoms with Crippen LogP contribution in [0.3, 0.4) is 0 Å². The van der Waals surface area contributed by atoms with Crippen molar-refractivity contribution in [2.75, 3.05) is 0 Å². The summed E-state index contributed by atoms with van der Waals surface area (Å²) in [5.74, 6) is 0. The molecule has 0 aliphatic carbocycles. The van der Waals surface area contributed by atoms with Gasteiger partial charge in [-0.15, -0.1) is 0 Å². The second-order valence-corrected chi connectivity index (χ2v) is 27.7. The molecule has 0 atom stereocenters. The van der Waals surface area contributed by atoms with E-state index in [2.05, 4.69) is 241 Å². The Labute approximate surface area is 637 Å². The van der Waals surface area contributed by atoms with Crippen LogP contribution in [0.2, 0.25) is 0 Å². The third kappa shape index (κ3) is 18.7. The fourth-order valence-electron chi connectivity index (χ4n) is 12.6. The van der Waals surface area contributed by atoms with Crippen molar-refractivity contribution in [1.82, 2.24) is 0 Å². The Morgan fingerprint density at radius 1 is 0.186 bits per heavy atom. The van der Waals surface area contributed by atoms with Crippen molar-refractivity contribution in [1.29, 1.82) is 0 Å². The number of nitrogens with zero attached hydrogens (tertiary/aromatic N) is 6. The zero-order chi connectivity index (χ0) is 88.0. The summed E-state index contributed by atoms with van der Waals surface area (Å²) in [6.45, 7) is 28.4. The van der Waals surface area contributed by atoms with E-state index in [1.165, 1.54) is 112 Å². The quantitative estimate of drug-likeness (QED) is 0.148. The van der Waals surface area contributed by atoms with Crippen molar-refractivity contribution in [2.45, 2.75) is 166 Å². The van der Waals surface area contributed by atoms with Crippen LogP contribution in [-0.4, -0.2) is 0 Å². The minimum absolute atomic E-state index is 0.299. The molecule has 0 saturated heterocycles. The molecule has 6 nitrogen and oxygen atoms in total. The van der Waals surface area contributed by atoms with Gasteiger partial charge in [-0.2, -0.15) is 27.4 Å². The van der Waals surface area contributed by atoms with Crippen LogP contribution in [0.25, 0.3) is 67.5 Å². The number of aromatic nitrogens is 6. The van der Waals surface area contributed by atoms with Gasteiger partial charge in [-0.25, -0.2) is 0 Å². The first-order valence-corrected chi connectivity index (χ1v) is 35.0. The zero-order valence-corrected chi connectivity index (χ0v) is 65.5. The first-order chi connectivity index (χ1) is 54.1. The van der Waals surface area contributed by atoms with Crippen LogP contribution in [0.15, 0.2) is 182 Å². The minimum atomic E-state index is -2.17. The fraction of sp³-hybridized carbons (Fsp3) is 0.312. The highest BCUT2D eigenvalue weighted by molar-refractivity contribution is 5.67. The lowest BCUT2D eigenvalue weighted by atomic mass is 9.99. The summed E-state index contributed by atoms with van der Waals surface area (Å²) >= 11 is 0. The normalized spacial score (nSPS) is 13.4. The van der Waals surface area contributed by atoms with Crippen LogP contribution in [0, 0.1) is 166 Å². The van der Waals surface area contributed by atoms with Crippen LogP contribution in [0.5, 0.6) is 0 Å². The van der Waals surface area contributed by atoms with Gasteiger partial charge in [0.15, 0.2) is 34.2 Å². The van der Waals surface area contributed by atoms with Gasteiger partial charge in [0.2, 0.25) is 34.2 Å². The highest BCUT2D eigenvalue weighted by Gasteiger charge is 2.22. The van der Waals surface area contributed by atoms with Gasteiger partial charge in [-0.3, -0.25) is 0 Å². The summed E-state index contributed by atoms with van der Waals surface area (Å²) in [6.07, 6.45) is 0. The molecule has 0 aliphatic heterocycles. The third-order valence-electron chi connectivity index (χ3n) is 20.8. The Morgan fingerprint density at radius 2 is 0.441 bits per heavy atom. The Balaban J connectivity index is 0.000000195. The van der Waals surface area contributed by atoms with Crippen molar-refractivity contribution in [3.63, 3.8) is 0 Å². The van der Waals surface area contributed by atoms with Crippen LogP contribution in [-0.2, 0) is 42.3 Å². The second-order valence-electron chi connectivity index (χ2n) is 27.7. The number of pyridine rings is 6. The van der Waals surface area contributed by atoms with E-state index >= 15 is 0 Å². The molecular weight excluding hydrogens is 1240 g/mol. The van der Waals surface area contributed by atoms with Gasteiger partial charge in [0.05, 0.1) is 0 Å². The SMILES string of the molecule is Cc1ccc(-c2ccc(C)c(C)[n+]2C)c(C)c1.Cc1ccc(C)c(-c2ccc(C)c(C)[n+]2C)c1.Cc1cccc(-c2ccc(C)c(C)[n+]2C)c1C.[2H]C([2H])([2H])c1ccc(-c2cc(C)ccc2C)[n+](C)c1C.[2H]C([2H])([2H])c1ccc(-c2ccc(C([2H])([2H])[2H])c(C)[n+]2C)c(C)c1.[2H]C([2H])([2H])c1cccc(-c2ccc(C([2H])([2H])[2H])c(C)[n+]2C)c1C. The predicted octanol–water partition coefficient (Wildman–Crippen LogP) is 20.5. The fourth-order valence-corrected chi connectivity index (χ4v) is 12.6. The van der Waals surface area contributed by atoms with Crippen molar-refractivity contribution in [3.8, 4) is 67.5 Å². The van der Waals surface area contributed by atoms with E-state index in [1.807, 2.05) is 49.2 Å². The van der Waals surface area contributed by atoms with Gasteiger partial charge >= 0.3 is 0 Å². The van der Waals surface area contributed by atoms with E-state index in [4.69, 9.17) is 20.6 Å². The van der Waals surface area contributed by atoms with Gasteiger partial charge in [0, 0.05) is 165 Å². The monoisotopic (exact) mass is 1370 g/mol. The summed E-state index contributed by atoms with van der Waals surface area (Å²) in [5.41, 5.74) is 37.0. The Hall–Kier alpha value is -9.78. The van der Waals surface area contributed by atoms with Crippen LogP contribution in [0.1, 0.15) is 155 Å². The van der Waals surface area contributed by atoms with Crippen LogP contribution in [0.4, 0.5) is 0 Å². The van der Waals surface area contributed by atoms with E-state index in [1.54, 1.807) is 93.0 Å². The van der Waals surface area contributed by atoms with E-state index in [0.717, 1.165) is 45.0 Å². The zero-order valence-electron chi connectivity index (χ0n) is 80.5. The van der Waals surface area contributed by atoms with Gasteiger partial charge in [-0.05, 0) is 242 Å². The van der Waals surface area contributed by atoms with E-state index < -0.39 is 34.3 Å². The molecule has 0 N–H and O–H groups in total. The Bertz CT molecular complexity index is 5590. The van der Waals surface area contributed by atoms with Gasteiger partial charge in [-0.1, -0.05) is 95.1 Å². The molecule has 0 amide bonds. The number of benzene rings is 6. The lowest BCUT2D eigenvalue weighted by molar-refractivity contribution is -0.667. The molecular formula is C96H120N6+6. The number of hydrogen-bond donors (Lipinski definition) is 0. The molecule has 12 aromatic rings. The topological polar surface area (TPSA) is 23.3 Å². The highest BCUT2D eigenvalue weighted by Crippen LogP contribution is 2.29. The van der Waals surface area contributed by atoms with Gasteiger partial charge < -0.3 is 0 Å².